The highest BCUT2D eigenvalue weighted by molar-refractivity contribution is 5.70. The molecule has 0 spiro atoms. The molecule has 78 valence electrons. The Morgan fingerprint density at radius 2 is 2.40 bits per heavy atom. The maximum Gasteiger partial charge on any atom is 0.309 e. The Bertz CT molecular complexity index is 470. The molecule has 2 aromatic rings. The number of oxazole rings is 1. The van der Waals surface area contributed by atoms with Crippen molar-refractivity contribution >= 4 is 5.97 Å². The van der Waals surface area contributed by atoms with Crippen LogP contribution in [-0.4, -0.2) is 16.1 Å². The number of rotatable bonds is 3. The van der Waals surface area contributed by atoms with E-state index >= 15 is 0 Å². The third-order valence-corrected chi connectivity index (χ3v) is 1.94. The minimum atomic E-state index is -0.933. The van der Waals surface area contributed by atoms with Crippen molar-refractivity contribution < 1.29 is 18.7 Å². The molecule has 15 heavy (non-hydrogen) atoms. The number of aryl methyl sites for hydroxylation is 1. The molecule has 0 bridgehead atoms. The molecule has 0 aliphatic rings. The van der Waals surface area contributed by atoms with Gasteiger partial charge < -0.3 is 13.9 Å². The van der Waals surface area contributed by atoms with Crippen molar-refractivity contribution in [3.8, 4) is 11.7 Å². The predicted octanol–water partition coefficient (Wildman–Crippen LogP) is 1.87. The molecule has 5 heteroatoms. The number of furan rings is 1. The summed E-state index contributed by atoms with van der Waals surface area (Å²) in [6.07, 6.45) is 1.36. The maximum atomic E-state index is 10.5. The highest BCUT2D eigenvalue weighted by atomic mass is 16.4. The van der Waals surface area contributed by atoms with Crippen molar-refractivity contribution in [2.75, 3.05) is 0 Å². The lowest BCUT2D eigenvalue weighted by Crippen LogP contribution is -2.01. The Kier molecular flexibility index (Phi) is 2.29. The lowest BCUT2D eigenvalue weighted by Gasteiger charge is -1.88. The van der Waals surface area contributed by atoms with E-state index in [-0.39, 0.29) is 6.42 Å². The summed E-state index contributed by atoms with van der Waals surface area (Å²) < 4.78 is 10.4. The van der Waals surface area contributed by atoms with Gasteiger partial charge in [-0.05, 0) is 19.1 Å². The van der Waals surface area contributed by atoms with Crippen molar-refractivity contribution in [1.29, 1.82) is 0 Å². The number of carboxylic acids is 1. The van der Waals surface area contributed by atoms with Crippen molar-refractivity contribution in [1.82, 2.24) is 4.98 Å². The van der Waals surface area contributed by atoms with Crippen LogP contribution in [0.15, 0.2) is 27.2 Å². The largest absolute Gasteiger partial charge is 0.481 e. The summed E-state index contributed by atoms with van der Waals surface area (Å²) in [7, 11) is 0. The molecule has 0 saturated carbocycles. The lowest BCUT2D eigenvalue weighted by molar-refractivity contribution is -0.136. The van der Waals surface area contributed by atoms with Gasteiger partial charge in [0.05, 0.1) is 18.4 Å². The highest BCUT2D eigenvalue weighted by Gasteiger charge is 2.15. The van der Waals surface area contributed by atoms with E-state index in [0.29, 0.717) is 23.1 Å². The molecule has 2 aromatic heterocycles. The van der Waals surface area contributed by atoms with Crippen LogP contribution < -0.4 is 0 Å². The van der Waals surface area contributed by atoms with Gasteiger partial charge in [-0.15, -0.1) is 0 Å². The second kappa shape index (κ2) is 3.61. The van der Waals surface area contributed by atoms with Gasteiger partial charge in [0.1, 0.15) is 5.76 Å². The first kappa shape index (κ1) is 9.51. The molecule has 0 saturated heterocycles. The molecule has 2 rings (SSSR count). The standard InChI is InChI=1S/C10H9NO4/c1-6-7(5-9(12)13)11-10(15-6)8-3-2-4-14-8/h2-4H,5H2,1H3,(H,12,13). The monoisotopic (exact) mass is 207 g/mol. The van der Waals surface area contributed by atoms with E-state index in [1.807, 2.05) is 0 Å². The summed E-state index contributed by atoms with van der Waals surface area (Å²) in [5.41, 5.74) is 0.425. The van der Waals surface area contributed by atoms with Crippen LogP contribution in [-0.2, 0) is 11.2 Å². The van der Waals surface area contributed by atoms with E-state index in [1.165, 1.54) is 6.26 Å². The third kappa shape index (κ3) is 1.90. The molecule has 5 nitrogen and oxygen atoms in total. The summed E-state index contributed by atoms with van der Waals surface area (Å²) in [4.78, 5) is 14.6. The summed E-state index contributed by atoms with van der Waals surface area (Å²) in [5, 5.41) is 8.63. The fourth-order valence-electron chi connectivity index (χ4n) is 1.24. The Labute approximate surface area is 85.3 Å². The zero-order valence-corrected chi connectivity index (χ0v) is 8.06. The fraction of sp³-hybridized carbons (Fsp3) is 0.200. The molecule has 0 aromatic carbocycles. The van der Waals surface area contributed by atoms with E-state index in [2.05, 4.69) is 4.98 Å². The van der Waals surface area contributed by atoms with Crippen molar-refractivity contribution in [3.05, 3.63) is 29.9 Å². The first-order valence-corrected chi connectivity index (χ1v) is 4.39. The average Bonchev–Trinajstić information content (AvgIpc) is 2.75. The Hall–Kier alpha value is -2.04. The van der Waals surface area contributed by atoms with Gasteiger partial charge in [0.15, 0.2) is 5.76 Å². The number of hydrogen-bond acceptors (Lipinski definition) is 4. The van der Waals surface area contributed by atoms with E-state index < -0.39 is 5.97 Å². The number of nitrogens with zero attached hydrogens (tertiary/aromatic N) is 1. The first-order chi connectivity index (χ1) is 7.16. The Balaban J connectivity index is 2.33. The van der Waals surface area contributed by atoms with Crippen molar-refractivity contribution in [2.24, 2.45) is 0 Å². The number of carboxylic acid groups (broad SMARTS) is 1. The van der Waals surface area contributed by atoms with Crippen molar-refractivity contribution in [3.63, 3.8) is 0 Å². The van der Waals surface area contributed by atoms with Crippen LogP contribution in [0.3, 0.4) is 0 Å². The third-order valence-electron chi connectivity index (χ3n) is 1.94. The Morgan fingerprint density at radius 3 is 3.00 bits per heavy atom. The zero-order valence-electron chi connectivity index (χ0n) is 8.06. The minimum Gasteiger partial charge on any atom is -0.481 e. The molecular weight excluding hydrogens is 198 g/mol. The average molecular weight is 207 g/mol. The summed E-state index contributed by atoms with van der Waals surface area (Å²) in [5.74, 6) is 0.379. The van der Waals surface area contributed by atoms with E-state index in [9.17, 15) is 4.79 Å². The topological polar surface area (TPSA) is 76.5 Å². The van der Waals surface area contributed by atoms with E-state index in [1.54, 1.807) is 19.1 Å². The molecule has 0 atom stereocenters. The van der Waals surface area contributed by atoms with Gasteiger partial charge in [0.25, 0.3) is 5.89 Å². The van der Waals surface area contributed by atoms with Crippen LogP contribution >= 0.6 is 0 Å². The second-order valence-electron chi connectivity index (χ2n) is 3.07. The molecule has 0 amide bonds. The summed E-state index contributed by atoms with van der Waals surface area (Å²) in [6.45, 7) is 1.68. The van der Waals surface area contributed by atoms with Crippen LogP contribution in [0, 0.1) is 6.92 Å². The first-order valence-electron chi connectivity index (χ1n) is 4.39. The smallest absolute Gasteiger partial charge is 0.309 e. The number of aliphatic carboxylic acids is 1. The van der Waals surface area contributed by atoms with Gasteiger partial charge in [0, 0.05) is 0 Å². The van der Waals surface area contributed by atoms with Crippen LogP contribution in [0.4, 0.5) is 0 Å². The van der Waals surface area contributed by atoms with Gasteiger partial charge in [0.2, 0.25) is 0 Å². The summed E-state index contributed by atoms with van der Waals surface area (Å²) >= 11 is 0. The molecule has 0 unspecified atom stereocenters. The van der Waals surface area contributed by atoms with Crippen LogP contribution in [0.1, 0.15) is 11.5 Å². The maximum absolute atomic E-state index is 10.5. The Morgan fingerprint density at radius 1 is 1.60 bits per heavy atom. The number of hydrogen-bond donors (Lipinski definition) is 1. The molecule has 0 fully saturated rings. The molecule has 1 N–H and O–H groups in total. The lowest BCUT2D eigenvalue weighted by atomic mass is 10.3. The van der Waals surface area contributed by atoms with Gasteiger partial charge in [-0.1, -0.05) is 0 Å². The van der Waals surface area contributed by atoms with Gasteiger partial charge in [-0.2, -0.15) is 0 Å². The number of carbonyl (C=O) groups is 1. The predicted molar refractivity (Wildman–Crippen MR) is 50.3 cm³/mol. The van der Waals surface area contributed by atoms with Crippen LogP contribution in [0.5, 0.6) is 0 Å². The normalized spacial score (nSPS) is 10.5. The molecule has 0 radical (unpaired) electrons. The summed E-state index contributed by atoms with van der Waals surface area (Å²) in [6, 6.07) is 3.42. The van der Waals surface area contributed by atoms with Crippen molar-refractivity contribution in [2.45, 2.75) is 13.3 Å². The van der Waals surface area contributed by atoms with Crippen LogP contribution in [0.25, 0.3) is 11.7 Å². The van der Waals surface area contributed by atoms with Gasteiger partial charge in [-0.3, -0.25) is 4.79 Å². The molecule has 0 aliphatic heterocycles. The second-order valence-corrected chi connectivity index (χ2v) is 3.07. The number of aromatic nitrogens is 1. The minimum absolute atomic E-state index is 0.143. The SMILES string of the molecule is Cc1oc(-c2ccco2)nc1CC(=O)O. The molecular formula is C10H9NO4. The van der Waals surface area contributed by atoms with Gasteiger partial charge >= 0.3 is 5.97 Å². The molecule has 2 heterocycles. The van der Waals surface area contributed by atoms with Crippen LogP contribution in [0.2, 0.25) is 0 Å². The zero-order chi connectivity index (χ0) is 10.8. The highest BCUT2D eigenvalue weighted by Crippen LogP contribution is 2.22. The van der Waals surface area contributed by atoms with E-state index in [4.69, 9.17) is 13.9 Å². The molecule has 0 aliphatic carbocycles. The van der Waals surface area contributed by atoms with E-state index in [0.717, 1.165) is 0 Å². The van der Waals surface area contributed by atoms with Gasteiger partial charge in [-0.25, -0.2) is 4.98 Å². The quantitative estimate of drug-likeness (QED) is 0.831. The fourth-order valence-corrected chi connectivity index (χ4v) is 1.24.